The van der Waals surface area contributed by atoms with Crippen molar-refractivity contribution in [2.45, 2.75) is 61.6 Å². The van der Waals surface area contributed by atoms with Gasteiger partial charge in [-0.15, -0.1) is 0 Å². The van der Waals surface area contributed by atoms with Crippen LogP contribution < -0.4 is 10.0 Å². The molecule has 0 saturated carbocycles. The van der Waals surface area contributed by atoms with Crippen molar-refractivity contribution in [3.05, 3.63) is 64.6 Å². The maximum atomic E-state index is 13.0. The van der Waals surface area contributed by atoms with Crippen LogP contribution in [0.15, 0.2) is 46.3 Å². The van der Waals surface area contributed by atoms with Gasteiger partial charge in [-0.05, 0) is 81.5 Å². The molecule has 1 aliphatic rings. The fourth-order valence-corrected chi connectivity index (χ4v) is 5.91. The number of aromatic nitrogens is 3. The van der Waals surface area contributed by atoms with Gasteiger partial charge in [-0.2, -0.15) is 5.26 Å². The zero-order valence-corrected chi connectivity index (χ0v) is 21.8. The third kappa shape index (κ3) is 5.83. The SMILES string of the molecule is CCC(Sc1nc2c(cc1C#N)CCC2)C(=O)Nc1ccc(S(=O)(=O)Nc2nc(C)cc(C)n2)cc1. The average Bonchev–Trinajstić information content (AvgIpc) is 3.28. The number of amides is 1. The third-order valence-corrected chi connectivity index (χ3v) is 8.40. The molecule has 1 aliphatic carbocycles. The van der Waals surface area contributed by atoms with Crippen molar-refractivity contribution < 1.29 is 13.2 Å². The van der Waals surface area contributed by atoms with Crippen LogP contribution in [0.5, 0.6) is 0 Å². The van der Waals surface area contributed by atoms with Crippen LogP contribution in [0.25, 0.3) is 0 Å². The number of nitrogens with zero attached hydrogens (tertiary/aromatic N) is 4. The van der Waals surface area contributed by atoms with E-state index in [9.17, 15) is 18.5 Å². The lowest BCUT2D eigenvalue weighted by Gasteiger charge is -2.16. The lowest BCUT2D eigenvalue weighted by atomic mass is 10.2. The molecule has 4 rings (SSSR count). The molecule has 0 aliphatic heterocycles. The second kappa shape index (κ2) is 10.6. The minimum absolute atomic E-state index is 0.00425. The number of rotatable bonds is 8. The van der Waals surface area contributed by atoms with Gasteiger partial charge in [-0.3, -0.25) is 4.79 Å². The number of anilines is 2. The summed E-state index contributed by atoms with van der Waals surface area (Å²) in [5, 5.41) is 12.5. The fraction of sp³-hybridized carbons (Fsp3) is 0.320. The number of aryl methyl sites for hydroxylation is 4. The molecule has 9 nitrogen and oxygen atoms in total. The first kappa shape index (κ1) is 25.6. The minimum Gasteiger partial charge on any atom is -0.325 e. The molecule has 186 valence electrons. The highest BCUT2D eigenvalue weighted by atomic mass is 32.2. The van der Waals surface area contributed by atoms with Crippen molar-refractivity contribution in [3.63, 3.8) is 0 Å². The molecule has 2 N–H and O–H groups in total. The molecular weight excluding hydrogens is 496 g/mol. The van der Waals surface area contributed by atoms with Gasteiger partial charge in [-0.25, -0.2) is 28.1 Å². The van der Waals surface area contributed by atoms with Crippen molar-refractivity contribution in [1.82, 2.24) is 15.0 Å². The number of carbonyl (C=O) groups is 1. The normalized spacial score (nSPS) is 13.5. The maximum absolute atomic E-state index is 13.0. The largest absolute Gasteiger partial charge is 0.325 e. The number of nitriles is 1. The van der Waals surface area contributed by atoms with E-state index in [2.05, 4.69) is 31.1 Å². The van der Waals surface area contributed by atoms with Gasteiger partial charge in [0.1, 0.15) is 11.1 Å². The zero-order valence-electron chi connectivity index (χ0n) is 20.2. The van der Waals surface area contributed by atoms with Crippen molar-refractivity contribution >= 4 is 39.3 Å². The average molecular weight is 523 g/mol. The Kier molecular flexibility index (Phi) is 7.56. The smallest absolute Gasteiger partial charge is 0.264 e. The Morgan fingerprint density at radius 1 is 1.11 bits per heavy atom. The quantitative estimate of drug-likeness (QED) is 0.421. The minimum atomic E-state index is -3.90. The lowest BCUT2D eigenvalue weighted by Crippen LogP contribution is -2.25. The molecule has 0 bridgehead atoms. The van der Waals surface area contributed by atoms with Crippen molar-refractivity contribution in [3.8, 4) is 6.07 Å². The summed E-state index contributed by atoms with van der Waals surface area (Å²) in [5.41, 5.74) is 4.37. The molecule has 0 radical (unpaired) electrons. The van der Waals surface area contributed by atoms with Gasteiger partial charge >= 0.3 is 0 Å². The molecule has 1 atom stereocenters. The van der Waals surface area contributed by atoms with Crippen LogP contribution in [0.4, 0.5) is 11.6 Å². The first-order chi connectivity index (χ1) is 17.2. The molecule has 1 amide bonds. The van der Waals surface area contributed by atoms with E-state index in [0.29, 0.717) is 34.1 Å². The molecule has 2 heterocycles. The number of thioether (sulfide) groups is 1. The summed E-state index contributed by atoms with van der Waals surface area (Å²) in [5.74, 6) is -0.240. The van der Waals surface area contributed by atoms with Crippen LogP contribution in [-0.2, 0) is 27.7 Å². The highest BCUT2D eigenvalue weighted by molar-refractivity contribution is 8.00. The van der Waals surface area contributed by atoms with E-state index in [4.69, 9.17) is 0 Å². The highest BCUT2D eigenvalue weighted by Crippen LogP contribution is 2.32. The third-order valence-electron chi connectivity index (χ3n) is 5.69. The van der Waals surface area contributed by atoms with Gasteiger partial charge < -0.3 is 5.32 Å². The van der Waals surface area contributed by atoms with E-state index in [1.165, 1.54) is 36.0 Å². The van der Waals surface area contributed by atoms with E-state index in [1.807, 2.05) is 13.0 Å². The summed E-state index contributed by atoms with van der Waals surface area (Å²) >= 11 is 1.28. The van der Waals surface area contributed by atoms with Crippen molar-refractivity contribution in [2.75, 3.05) is 10.0 Å². The van der Waals surface area contributed by atoms with Crippen LogP contribution >= 0.6 is 11.8 Å². The Labute approximate surface area is 214 Å². The number of nitrogens with one attached hydrogen (secondary N) is 2. The Hall–Kier alpha value is -3.49. The monoisotopic (exact) mass is 522 g/mol. The fourth-order valence-electron chi connectivity index (χ4n) is 3.97. The Morgan fingerprint density at radius 3 is 2.44 bits per heavy atom. The Balaban J connectivity index is 1.45. The van der Waals surface area contributed by atoms with Crippen molar-refractivity contribution in [1.29, 1.82) is 5.26 Å². The number of benzene rings is 1. The Bertz CT molecular complexity index is 1430. The van der Waals surface area contributed by atoms with Gasteiger partial charge in [0.25, 0.3) is 10.0 Å². The van der Waals surface area contributed by atoms with Crippen LogP contribution in [0.1, 0.15) is 48.0 Å². The predicted octanol–water partition coefficient (Wildman–Crippen LogP) is 4.16. The highest BCUT2D eigenvalue weighted by Gasteiger charge is 2.24. The number of carbonyl (C=O) groups excluding carboxylic acids is 1. The van der Waals surface area contributed by atoms with E-state index in [-0.39, 0.29) is 16.8 Å². The van der Waals surface area contributed by atoms with Crippen LogP contribution in [0, 0.1) is 25.2 Å². The van der Waals surface area contributed by atoms with Gasteiger partial charge in [0.05, 0.1) is 15.7 Å². The number of hydrogen-bond acceptors (Lipinski definition) is 8. The van der Waals surface area contributed by atoms with E-state index in [1.54, 1.807) is 19.9 Å². The first-order valence-electron chi connectivity index (χ1n) is 11.5. The van der Waals surface area contributed by atoms with Gasteiger partial charge in [-0.1, -0.05) is 18.7 Å². The topological polar surface area (TPSA) is 138 Å². The molecule has 2 aromatic heterocycles. The molecule has 3 aromatic rings. The molecule has 0 spiro atoms. The van der Waals surface area contributed by atoms with Gasteiger partial charge in [0.2, 0.25) is 11.9 Å². The maximum Gasteiger partial charge on any atom is 0.264 e. The summed E-state index contributed by atoms with van der Waals surface area (Å²) in [6.45, 7) is 5.41. The van der Waals surface area contributed by atoms with E-state index >= 15 is 0 Å². The summed E-state index contributed by atoms with van der Waals surface area (Å²) < 4.78 is 27.9. The molecule has 11 heteroatoms. The van der Waals surface area contributed by atoms with E-state index in [0.717, 1.165) is 30.5 Å². The van der Waals surface area contributed by atoms with Crippen molar-refractivity contribution in [2.24, 2.45) is 0 Å². The predicted molar refractivity (Wildman–Crippen MR) is 138 cm³/mol. The van der Waals surface area contributed by atoms with Gasteiger partial charge in [0.15, 0.2) is 0 Å². The Morgan fingerprint density at radius 2 is 1.81 bits per heavy atom. The van der Waals surface area contributed by atoms with Crippen LogP contribution in [0.2, 0.25) is 0 Å². The number of hydrogen-bond donors (Lipinski definition) is 2. The first-order valence-corrected chi connectivity index (χ1v) is 13.9. The van der Waals surface area contributed by atoms with Gasteiger partial charge in [0, 0.05) is 22.8 Å². The molecule has 36 heavy (non-hydrogen) atoms. The second-order valence-corrected chi connectivity index (χ2v) is 11.4. The molecule has 0 fully saturated rings. The summed E-state index contributed by atoms with van der Waals surface area (Å²) in [6.07, 6.45) is 3.38. The number of pyridine rings is 1. The molecular formula is C25H26N6O3S2. The standard InChI is InChI=1S/C25H26N6O3S2/c1-4-22(35-24-18(14-26)13-17-6-5-7-21(17)30-24)23(32)29-19-8-10-20(11-9-19)36(33,34)31-25-27-15(2)12-16(3)28-25/h8-13,22H,4-7H2,1-3H3,(H,29,32)(H,27,28,31). The van der Waals surface area contributed by atoms with Crippen LogP contribution in [0.3, 0.4) is 0 Å². The lowest BCUT2D eigenvalue weighted by molar-refractivity contribution is -0.115. The van der Waals surface area contributed by atoms with E-state index < -0.39 is 15.3 Å². The second-order valence-electron chi connectivity index (χ2n) is 8.52. The van der Waals surface area contributed by atoms with Crippen LogP contribution in [-0.4, -0.2) is 34.5 Å². The summed E-state index contributed by atoms with van der Waals surface area (Å²) in [4.78, 5) is 25.9. The molecule has 1 unspecified atom stereocenters. The summed E-state index contributed by atoms with van der Waals surface area (Å²) in [6, 6.07) is 11.7. The number of fused-ring (bicyclic) bond motifs is 1. The zero-order chi connectivity index (χ0) is 25.9. The molecule has 1 aromatic carbocycles. The number of sulfonamides is 1. The molecule has 0 saturated heterocycles. The summed E-state index contributed by atoms with van der Waals surface area (Å²) in [7, 11) is -3.90.